The van der Waals surface area contributed by atoms with Gasteiger partial charge in [0.15, 0.2) is 10.2 Å². The first kappa shape index (κ1) is 16.3. The van der Waals surface area contributed by atoms with Gasteiger partial charge in [0.25, 0.3) is 0 Å². The van der Waals surface area contributed by atoms with Crippen molar-refractivity contribution in [1.82, 2.24) is 4.31 Å². The molecule has 1 aromatic carbocycles. The Labute approximate surface area is 125 Å². The van der Waals surface area contributed by atoms with E-state index in [0.29, 0.717) is 19.2 Å². The SMILES string of the molecule is O=S(=O)([N-]c1cc(C(F)(F)F)ccc1Cl)N1CC[NH2+]CC1. The highest BCUT2D eigenvalue weighted by molar-refractivity contribution is 7.92. The Hall–Kier alpha value is -1.03. The van der Waals surface area contributed by atoms with E-state index in [1.807, 2.05) is 5.32 Å². The molecule has 2 N–H and O–H groups in total. The van der Waals surface area contributed by atoms with Gasteiger partial charge in [-0.3, -0.25) is 0 Å². The lowest BCUT2D eigenvalue weighted by Crippen LogP contribution is -2.89. The first-order valence-electron chi connectivity index (χ1n) is 6.12. The zero-order valence-electron chi connectivity index (χ0n) is 10.8. The molecule has 10 heteroatoms. The van der Waals surface area contributed by atoms with E-state index in [1.54, 1.807) is 0 Å². The highest BCUT2D eigenvalue weighted by Crippen LogP contribution is 2.38. The molecule has 0 bridgehead atoms. The Morgan fingerprint density at radius 2 is 1.86 bits per heavy atom. The van der Waals surface area contributed by atoms with Crippen molar-refractivity contribution in [3.8, 4) is 0 Å². The largest absolute Gasteiger partial charge is 0.562 e. The summed E-state index contributed by atoms with van der Waals surface area (Å²) >= 11 is 5.74. The molecular weight excluding hydrogens is 331 g/mol. The number of piperazine rings is 1. The van der Waals surface area contributed by atoms with Gasteiger partial charge >= 0.3 is 6.18 Å². The van der Waals surface area contributed by atoms with Gasteiger partial charge in [-0.2, -0.15) is 13.2 Å². The maximum absolute atomic E-state index is 12.6. The molecule has 5 nitrogen and oxygen atoms in total. The average Bonchev–Trinajstić information content (AvgIpc) is 2.41. The lowest BCUT2D eigenvalue weighted by Gasteiger charge is -2.33. The third kappa shape index (κ3) is 4.00. The van der Waals surface area contributed by atoms with Crippen LogP contribution in [0.4, 0.5) is 18.9 Å². The predicted molar refractivity (Wildman–Crippen MR) is 71.6 cm³/mol. The summed E-state index contributed by atoms with van der Waals surface area (Å²) in [6, 6.07) is 2.41. The normalized spacial score (nSPS) is 17.7. The Morgan fingerprint density at radius 3 is 2.43 bits per heavy atom. The fourth-order valence-corrected chi connectivity index (χ4v) is 3.30. The van der Waals surface area contributed by atoms with Gasteiger partial charge < -0.3 is 10.0 Å². The number of benzene rings is 1. The summed E-state index contributed by atoms with van der Waals surface area (Å²) < 4.78 is 66.6. The topological polar surface area (TPSA) is 68.1 Å². The average molecular weight is 344 g/mol. The molecule has 0 atom stereocenters. The molecule has 0 amide bonds. The fraction of sp³-hybridized carbons (Fsp3) is 0.455. The molecule has 1 heterocycles. The fourth-order valence-electron chi connectivity index (χ4n) is 1.90. The van der Waals surface area contributed by atoms with Gasteiger partial charge in [0.1, 0.15) is 0 Å². The maximum Gasteiger partial charge on any atom is 0.416 e. The molecule has 0 spiro atoms. The smallest absolute Gasteiger partial charge is 0.416 e. The van der Waals surface area contributed by atoms with Gasteiger partial charge in [0, 0.05) is 5.02 Å². The maximum atomic E-state index is 12.6. The van der Waals surface area contributed by atoms with Crippen molar-refractivity contribution in [2.45, 2.75) is 6.18 Å². The molecular formula is C11H13ClF3N3O2S. The number of quaternary nitrogens is 1. The van der Waals surface area contributed by atoms with Crippen molar-refractivity contribution in [1.29, 1.82) is 0 Å². The Kier molecular flexibility index (Phi) is 4.66. The van der Waals surface area contributed by atoms with Gasteiger partial charge in [-0.15, -0.1) is 5.69 Å². The number of nitrogens with zero attached hydrogens (tertiary/aromatic N) is 2. The summed E-state index contributed by atoms with van der Waals surface area (Å²) in [5, 5.41) is 1.80. The third-order valence-corrected chi connectivity index (χ3v) is 4.74. The molecule has 1 fully saturated rings. The lowest BCUT2D eigenvalue weighted by molar-refractivity contribution is -0.661. The zero-order valence-corrected chi connectivity index (χ0v) is 12.3. The van der Waals surface area contributed by atoms with E-state index >= 15 is 0 Å². The Morgan fingerprint density at radius 1 is 1.24 bits per heavy atom. The van der Waals surface area contributed by atoms with Crippen LogP contribution in [0.25, 0.3) is 4.72 Å². The quantitative estimate of drug-likeness (QED) is 0.903. The number of alkyl halides is 3. The van der Waals surface area contributed by atoms with Crippen LogP contribution in [0.5, 0.6) is 0 Å². The molecule has 0 unspecified atom stereocenters. The highest BCUT2D eigenvalue weighted by Gasteiger charge is 2.30. The lowest BCUT2D eigenvalue weighted by atomic mass is 10.2. The Balaban J connectivity index is 2.26. The highest BCUT2D eigenvalue weighted by atomic mass is 35.5. The standard InChI is InChI=1S/C11H12ClF3N3O2S/c12-9-2-1-8(11(13,14)15)7-10(9)17-21(19,20)18-5-3-16-4-6-18/h1-2,7,16H,3-6H2/q-1/p+1. The summed E-state index contributed by atoms with van der Waals surface area (Å²) in [6.07, 6.45) is -4.58. The van der Waals surface area contributed by atoms with E-state index in [9.17, 15) is 21.6 Å². The molecule has 0 radical (unpaired) electrons. The molecule has 1 saturated heterocycles. The molecule has 118 valence electrons. The van der Waals surface area contributed by atoms with Crippen molar-refractivity contribution in [2.24, 2.45) is 0 Å². The van der Waals surface area contributed by atoms with E-state index in [4.69, 9.17) is 11.6 Å². The van der Waals surface area contributed by atoms with Crippen molar-refractivity contribution < 1.29 is 26.9 Å². The van der Waals surface area contributed by atoms with E-state index in [0.717, 1.165) is 16.4 Å². The minimum atomic E-state index is -4.58. The molecule has 21 heavy (non-hydrogen) atoms. The van der Waals surface area contributed by atoms with Crippen LogP contribution in [0.15, 0.2) is 18.2 Å². The summed E-state index contributed by atoms with van der Waals surface area (Å²) in [6.45, 7) is 1.71. The molecule has 1 aliphatic rings. The van der Waals surface area contributed by atoms with Crippen molar-refractivity contribution in [3.63, 3.8) is 0 Å². The molecule has 0 aliphatic carbocycles. The molecule has 1 aliphatic heterocycles. The number of nitrogens with two attached hydrogens (primary N) is 1. The van der Waals surface area contributed by atoms with Gasteiger partial charge in [-0.25, -0.2) is 12.7 Å². The Bertz CT molecular complexity index is 616. The third-order valence-electron chi connectivity index (χ3n) is 2.98. The second-order valence-corrected chi connectivity index (χ2v) is 6.50. The van der Waals surface area contributed by atoms with E-state index in [2.05, 4.69) is 4.72 Å². The van der Waals surface area contributed by atoms with Crippen LogP contribution >= 0.6 is 11.6 Å². The summed E-state index contributed by atoms with van der Waals surface area (Å²) in [5.74, 6) is 0. The van der Waals surface area contributed by atoms with E-state index < -0.39 is 27.6 Å². The van der Waals surface area contributed by atoms with Crippen LogP contribution in [-0.4, -0.2) is 38.9 Å². The van der Waals surface area contributed by atoms with Crippen LogP contribution in [0.2, 0.25) is 5.02 Å². The van der Waals surface area contributed by atoms with Crippen LogP contribution < -0.4 is 5.32 Å². The van der Waals surface area contributed by atoms with Gasteiger partial charge in [0.2, 0.25) is 0 Å². The zero-order chi connectivity index (χ0) is 15.7. The minimum Gasteiger partial charge on any atom is -0.562 e. The number of hydrogen-bond acceptors (Lipinski definition) is 2. The van der Waals surface area contributed by atoms with E-state index in [1.165, 1.54) is 0 Å². The van der Waals surface area contributed by atoms with E-state index in [-0.39, 0.29) is 18.1 Å². The predicted octanol–water partition coefficient (Wildman–Crippen LogP) is 1.49. The molecule has 0 saturated carbocycles. The number of halogens is 4. The summed E-state index contributed by atoms with van der Waals surface area (Å²) in [4.78, 5) is 0. The van der Waals surface area contributed by atoms with Crippen molar-refractivity contribution >= 4 is 27.5 Å². The van der Waals surface area contributed by atoms with Crippen molar-refractivity contribution in [2.75, 3.05) is 26.2 Å². The van der Waals surface area contributed by atoms with Crippen LogP contribution in [0.3, 0.4) is 0 Å². The number of hydrogen-bond donors (Lipinski definition) is 1. The first-order chi connectivity index (χ1) is 9.70. The second-order valence-electron chi connectivity index (χ2n) is 4.50. The summed E-state index contributed by atoms with van der Waals surface area (Å²) in [5.41, 5.74) is -1.39. The molecule has 0 aromatic heterocycles. The van der Waals surface area contributed by atoms with Crippen LogP contribution in [0.1, 0.15) is 5.56 Å². The second kappa shape index (κ2) is 5.99. The number of rotatable bonds is 3. The van der Waals surface area contributed by atoms with Crippen LogP contribution in [-0.2, 0) is 16.4 Å². The minimum absolute atomic E-state index is 0.143. The molecule has 1 aromatic rings. The van der Waals surface area contributed by atoms with Gasteiger partial charge in [0.05, 0.1) is 31.7 Å². The molecule has 2 rings (SSSR count). The monoisotopic (exact) mass is 343 g/mol. The first-order valence-corrected chi connectivity index (χ1v) is 7.89. The summed E-state index contributed by atoms with van der Waals surface area (Å²) in [7, 11) is -4.03. The van der Waals surface area contributed by atoms with Crippen LogP contribution in [0, 0.1) is 0 Å². The van der Waals surface area contributed by atoms with Gasteiger partial charge in [-0.05, 0) is 12.1 Å². The van der Waals surface area contributed by atoms with Gasteiger partial charge in [-0.1, -0.05) is 17.7 Å². The van der Waals surface area contributed by atoms with Crippen molar-refractivity contribution in [3.05, 3.63) is 33.5 Å².